The van der Waals surface area contributed by atoms with Crippen molar-refractivity contribution in [1.29, 1.82) is 0 Å². The number of nitrogens with one attached hydrogen (secondary N) is 2. The first-order valence-electron chi connectivity index (χ1n) is 7.37. The third kappa shape index (κ3) is 4.20. The molecule has 0 spiro atoms. The Bertz CT molecular complexity index is 819. The summed E-state index contributed by atoms with van der Waals surface area (Å²) in [7, 11) is 4.01. The summed E-state index contributed by atoms with van der Waals surface area (Å²) in [5.41, 5.74) is 2.96. The van der Waals surface area contributed by atoms with E-state index < -0.39 is 0 Å². The molecule has 0 aliphatic rings. The zero-order chi connectivity index (χ0) is 16.9. The van der Waals surface area contributed by atoms with Crippen LogP contribution in [0.25, 0.3) is 0 Å². The maximum absolute atomic E-state index is 4.43. The van der Waals surface area contributed by atoms with Crippen LogP contribution in [0.5, 0.6) is 0 Å². The predicted molar refractivity (Wildman–Crippen MR) is 101 cm³/mol. The summed E-state index contributed by atoms with van der Waals surface area (Å²) in [6.45, 7) is 0. The second-order valence-electron chi connectivity index (χ2n) is 5.37. The van der Waals surface area contributed by atoms with E-state index in [2.05, 4.69) is 41.7 Å². The fourth-order valence-corrected chi connectivity index (χ4v) is 2.50. The van der Waals surface area contributed by atoms with Crippen LogP contribution in [-0.2, 0) is 0 Å². The molecule has 3 rings (SSSR count). The van der Waals surface area contributed by atoms with Crippen molar-refractivity contribution in [2.75, 3.05) is 29.6 Å². The molecule has 0 radical (unpaired) electrons. The lowest BCUT2D eigenvalue weighted by molar-refractivity contribution is 0.982. The van der Waals surface area contributed by atoms with E-state index in [1.807, 2.05) is 67.5 Å². The lowest BCUT2D eigenvalue weighted by atomic mass is 10.2. The van der Waals surface area contributed by atoms with Crippen LogP contribution in [-0.4, -0.2) is 29.3 Å². The normalized spacial score (nSPS) is 10.3. The van der Waals surface area contributed by atoms with Crippen molar-refractivity contribution in [1.82, 2.24) is 15.2 Å². The second kappa shape index (κ2) is 7.27. The first-order valence-corrected chi connectivity index (χ1v) is 8.16. The van der Waals surface area contributed by atoms with Gasteiger partial charge in [-0.25, -0.2) is 0 Å². The highest BCUT2D eigenvalue weighted by atomic mass is 79.9. The number of hydrogen-bond donors (Lipinski definition) is 2. The highest BCUT2D eigenvalue weighted by Crippen LogP contribution is 2.21. The summed E-state index contributed by atoms with van der Waals surface area (Å²) in [6.07, 6.45) is 1.58. The van der Waals surface area contributed by atoms with Gasteiger partial charge in [-0.3, -0.25) is 0 Å². The molecule has 0 fully saturated rings. The first-order chi connectivity index (χ1) is 11.6. The molecule has 0 unspecified atom stereocenters. The van der Waals surface area contributed by atoms with Gasteiger partial charge in [-0.05, 0) is 42.5 Å². The summed E-state index contributed by atoms with van der Waals surface area (Å²) in [6, 6.07) is 15.9. The van der Waals surface area contributed by atoms with E-state index in [0.717, 1.165) is 21.5 Å². The van der Waals surface area contributed by atoms with Crippen LogP contribution in [0.3, 0.4) is 0 Å². The molecular weight excluding hydrogens is 368 g/mol. The molecule has 122 valence electrons. The molecule has 0 saturated carbocycles. The van der Waals surface area contributed by atoms with Gasteiger partial charge in [0.1, 0.15) is 0 Å². The molecule has 6 nitrogen and oxygen atoms in total. The minimum Gasteiger partial charge on any atom is -0.378 e. The number of anilines is 5. The van der Waals surface area contributed by atoms with E-state index in [1.54, 1.807) is 6.20 Å². The van der Waals surface area contributed by atoms with Crippen molar-refractivity contribution >= 4 is 44.8 Å². The average Bonchev–Trinajstić information content (AvgIpc) is 2.56. The molecule has 0 amide bonds. The average molecular weight is 385 g/mol. The highest BCUT2D eigenvalue weighted by Gasteiger charge is 2.03. The number of aromatic nitrogens is 3. The van der Waals surface area contributed by atoms with Gasteiger partial charge in [-0.1, -0.05) is 22.0 Å². The minimum atomic E-state index is 0.438. The quantitative estimate of drug-likeness (QED) is 0.687. The van der Waals surface area contributed by atoms with E-state index in [1.165, 1.54) is 0 Å². The van der Waals surface area contributed by atoms with Gasteiger partial charge in [0.05, 0.1) is 6.20 Å². The van der Waals surface area contributed by atoms with E-state index in [0.29, 0.717) is 11.8 Å². The van der Waals surface area contributed by atoms with Gasteiger partial charge in [-0.15, -0.1) is 5.10 Å². The molecule has 3 aromatic rings. The lowest BCUT2D eigenvalue weighted by Crippen LogP contribution is -2.08. The Morgan fingerprint density at radius 3 is 2.46 bits per heavy atom. The molecule has 7 heteroatoms. The monoisotopic (exact) mass is 384 g/mol. The third-order valence-electron chi connectivity index (χ3n) is 3.30. The Hall–Kier alpha value is -2.67. The zero-order valence-electron chi connectivity index (χ0n) is 13.4. The van der Waals surface area contributed by atoms with Crippen LogP contribution in [0.1, 0.15) is 0 Å². The molecule has 1 aromatic heterocycles. The minimum absolute atomic E-state index is 0.438. The number of rotatable bonds is 5. The van der Waals surface area contributed by atoms with Gasteiger partial charge >= 0.3 is 0 Å². The maximum atomic E-state index is 4.43. The Balaban J connectivity index is 1.73. The largest absolute Gasteiger partial charge is 0.378 e. The fraction of sp³-hybridized carbons (Fsp3) is 0.118. The van der Waals surface area contributed by atoms with Crippen LogP contribution >= 0.6 is 15.9 Å². The zero-order valence-corrected chi connectivity index (χ0v) is 14.9. The van der Waals surface area contributed by atoms with Crippen LogP contribution < -0.4 is 15.5 Å². The van der Waals surface area contributed by atoms with Gasteiger partial charge in [0.15, 0.2) is 5.82 Å². The van der Waals surface area contributed by atoms with E-state index in [9.17, 15) is 0 Å². The summed E-state index contributed by atoms with van der Waals surface area (Å²) >= 11 is 3.45. The number of benzene rings is 2. The Kier molecular flexibility index (Phi) is 4.90. The third-order valence-corrected chi connectivity index (χ3v) is 3.79. The van der Waals surface area contributed by atoms with Crippen molar-refractivity contribution in [2.45, 2.75) is 0 Å². The standard InChI is InChI=1S/C17H17BrN6/c1-24(2)15-8-6-13(7-9-15)21-17-22-16(11-19-23-17)20-14-5-3-4-12(18)10-14/h3-11H,1-2H3,(H2,20,21,22,23). The Labute approximate surface area is 149 Å². The Morgan fingerprint density at radius 2 is 1.75 bits per heavy atom. The van der Waals surface area contributed by atoms with Gasteiger partial charge in [0.2, 0.25) is 5.95 Å². The fourth-order valence-electron chi connectivity index (χ4n) is 2.10. The van der Waals surface area contributed by atoms with Crippen molar-refractivity contribution in [3.05, 3.63) is 59.2 Å². The molecule has 2 aromatic carbocycles. The molecule has 0 aliphatic carbocycles. The Morgan fingerprint density at radius 1 is 0.958 bits per heavy atom. The van der Waals surface area contributed by atoms with Gasteiger partial charge in [-0.2, -0.15) is 10.1 Å². The predicted octanol–water partition coefficient (Wildman–Crippen LogP) is 4.19. The van der Waals surface area contributed by atoms with Gasteiger partial charge in [0, 0.05) is 35.6 Å². The number of hydrogen-bond acceptors (Lipinski definition) is 6. The summed E-state index contributed by atoms with van der Waals surface area (Å²) in [5, 5.41) is 14.4. The molecule has 0 bridgehead atoms. The summed E-state index contributed by atoms with van der Waals surface area (Å²) in [5.74, 6) is 1.06. The van der Waals surface area contributed by atoms with Crippen molar-refractivity contribution in [2.24, 2.45) is 0 Å². The van der Waals surface area contributed by atoms with Crippen molar-refractivity contribution < 1.29 is 0 Å². The van der Waals surface area contributed by atoms with Crippen LogP contribution in [0.2, 0.25) is 0 Å². The SMILES string of the molecule is CN(C)c1ccc(Nc2nncc(Nc3cccc(Br)c3)n2)cc1. The summed E-state index contributed by atoms with van der Waals surface area (Å²) < 4.78 is 0.994. The smallest absolute Gasteiger partial charge is 0.249 e. The second-order valence-corrected chi connectivity index (χ2v) is 6.28. The first kappa shape index (κ1) is 16.2. The number of nitrogens with zero attached hydrogens (tertiary/aromatic N) is 4. The molecular formula is C17H17BrN6. The lowest BCUT2D eigenvalue weighted by Gasteiger charge is -2.13. The molecule has 0 aliphatic heterocycles. The highest BCUT2D eigenvalue weighted by molar-refractivity contribution is 9.10. The van der Waals surface area contributed by atoms with Gasteiger partial charge < -0.3 is 15.5 Å². The molecule has 0 atom stereocenters. The van der Waals surface area contributed by atoms with E-state index >= 15 is 0 Å². The topological polar surface area (TPSA) is 66.0 Å². The van der Waals surface area contributed by atoms with Crippen LogP contribution in [0, 0.1) is 0 Å². The van der Waals surface area contributed by atoms with E-state index in [4.69, 9.17) is 0 Å². The number of halogens is 1. The van der Waals surface area contributed by atoms with Crippen LogP contribution in [0.15, 0.2) is 59.2 Å². The summed E-state index contributed by atoms with van der Waals surface area (Å²) in [4.78, 5) is 6.47. The van der Waals surface area contributed by atoms with Gasteiger partial charge in [0.25, 0.3) is 0 Å². The molecule has 1 heterocycles. The van der Waals surface area contributed by atoms with E-state index in [-0.39, 0.29) is 0 Å². The molecule has 2 N–H and O–H groups in total. The van der Waals surface area contributed by atoms with Crippen molar-refractivity contribution in [3.8, 4) is 0 Å². The van der Waals surface area contributed by atoms with Crippen LogP contribution in [0.4, 0.5) is 28.8 Å². The maximum Gasteiger partial charge on any atom is 0.249 e. The van der Waals surface area contributed by atoms with Crippen molar-refractivity contribution in [3.63, 3.8) is 0 Å². The molecule has 0 saturated heterocycles. The molecule has 24 heavy (non-hydrogen) atoms.